The van der Waals surface area contributed by atoms with Crippen molar-refractivity contribution in [2.45, 2.75) is 11.7 Å². The zero-order chi connectivity index (χ0) is 19.4. The molecule has 1 aliphatic rings. The second kappa shape index (κ2) is 8.32. The zero-order valence-corrected chi connectivity index (χ0v) is 15.5. The van der Waals surface area contributed by atoms with E-state index in [-0.39, 0.29) is 29.0 Å². The highest BCUT2D eigenvalue weighted by atomic mass is 35.5. The molecule has 1 fully saturated rings. The lowest BCUT2D eigenvalue weighted by molar-refractivity contribution is -0.121. The number of nitrogens with two attached hydrogens (primary N) is 1. The number of amidine groups is 1. The summed E-state index contributed by atoms with van der Waals surface area (Å²) in [5, 5.41) is 7.30. The van der Waals surface area contributed by atoms with Crippen LogP contribution in [-0.4, -0.2) is 28.4 Å². The van der Waals surface area contributed by atoms with E-state index in [1.165, 1.54) is 12.3 Å². The van der Waals surface area contributed by atoms with Crippen LogP contribution in [0.15, 0.2) is 58.7 Å². The zero-order valence-electron chi connectivity index (χ0n) is 13.9. The van der Waals surface area contributed by atoms with Crippen molar-refractivity contribution in [3.63, 3.8) is 0 Å². The van der Waals surface area contributed by atoms with E-state index in [1.807, 2.05) is 0 Å². The van der Waals surface area contributed by atoms with Crippen LogP contribution < -0.4 is 10.6 Å². The summed E-state index contributed by atoms with van der Waals surface area (Å²) < 4.78 is 13.5. The van der Waals surface area contributed by atoms with Gasteiger partial charge in [0.05, 0.1) is 11.9 Å². The van der Waals surface area contributed by atoms with Crippen LogP contribution in [0.25, 0.3) is 0 Å². The van der Waals surface area contributed by atoms with Gasteiger partial charge in [-0.15, -0.1) is 5.10 Å². The summed E-state index contributed by atoms with van der Waals surface area (Å²) in [7, 11) is 0. The van der Waals surface area contributed by atoms with Gasteiger partial charge in [0.15, 0.2) is 5.17 Å². The van der Waals surface area contributed by atoms with Gasteiger partial charge in [0, 0.05) is 17.0 Å². The second-order valence-electron chi connectivity index (χ2n) is 5.56. The minimum absolute atomic E-state index is 0.000621. The standard InChI is InChI=1S/C18H14ClFN4O2S/c19-12-5-7-13(8-6-12)24-16(25)9-15(17(24)26)27-18(21)23-22-10-11-3-1-2-4-14(11)20/h1-8,10,15H,9H2,(H2,21,23)/b22-10-/t15-/m0/s1. The van der Waals surface area contributed by atoms with Crippen LogP contribution in [0.5, 0.6) is 0 Å². The number of rotatable bonds is 4. The maximum absolute atomic E-state index is 13.5. The van der Waals surface area contributed by atoms with Gasteiger partial charge in [0.2, 0.25) is 11.8 Å². The summed E-state index contributed by atoms with van der Waals surface area (Å²) in [5.41, 5.74) is 6.49. The van der Waals surface area contributed by atoms with E-state index >= 15 is 0 Å². The van der Waals surface area contributed by atoms with Crippen molar-refractivity contribution in [1.29, 1.82) is 0 Å². The van der Waals surface area contributed by atoms with E-state index in [1.54, 1.807) is 42.5 Å². The molecule has 0 aliphatic carbocycles. The number of thioether (sulfide) groups is 1. The Balaban J connectivity index is 1.67. The van der Waals surface area contributed by atoms with Crippen molar-refractivity contribution in [3.05, 3.63) is 64.9 Å². The van der Waals surface area contributed by atoms with Crippen LogP contribution in [0.2, 0.25) is 5.02 Å². The first kappa shape index (κ1) is 19.1. The van der Waals surface area contributed by atoms with Crippen molar-refractivity contribution in [1.82, 2.24) is 0 Å². The Morgan fingerprint density at radius 3 is 2.63 bits per heavy atom. The van der Waals surface area contributed by atoms with Gasteiger partial charge in [-0.05, 0) is 30.3 Å². The van der Waals surface area contributed by atoms with Crippen molar-refractivity contribution in [3.8, 4) is 0 Å². The second-order valence-corrected chi connectivity index (χ2v) is 7.22. The topological polar surface area (TPSA) is 88.1 Å². The van der Waals surface area contributed by atoms with E-state index < -0.39 is 11.1 Å². The lowest BCUT2D eigenvalue weighted by atomic mass is 10.2. The maximum Gasteiger partial charge on any atom is 0.247 e. The summed E-state index contributed by atoms with van der Waals surface area (Å²) in [6.07, 6.45) is 1.23. The average molecular weight is 405 g/mol. The fourth-order valence-electron chi connectivity index (χ4n) is 2.45. The summed E-state index contributed by atoms with van der Waals surface area (Å²) in [6.45, 7) is 0. The molecule has 2 amide bonds. The van der Waals surface area contributed by atoms with Crippen molar-refractivity contribution >= 4 is 52.2 Å². The molecule has 9 heteroatoms. The van der Waals surface area contributed by atoms with Crippen molar-refractivity contribution in [2.75, 3.05) is 4.90 Å². The molecule has 3 rings (SSSR count). The van der Waals surface area contributed by atoms with Gasteiger partial charge in [0.1, 0.15) is 11.1 Å². The van der Waals surface area contributed by atoms with Gasteiger partial charge >= 0.3 is 0 Å². The predicted molar refractivity (Wildman–Crippen MR) is 106 cm³/mol. The van der Waals surface area contributed by atoms with Crippen LogP contribution in [0.1, 0.15) is 12.0 Å². The van der Waals surface area contributed by atoms with Crippen molar-refractivity contribution in [2.24, 2.45) is 15.9 Å². The normalized spacial score (nSPS) is 17.9. The smallest absolute Gasteiger partial charge is 0.247 e. The Morgan fingerprint density at radius 1 is 1.22 bits per heavy atom. The molecule has 27 heavy (non-hydrogen) atoms. The van der Waals surface area contributed by atoms with Gasteiger partial charge in [-0.2, -0.15) is 5.10 Å². The third-order valence-electron chi connectivity index (χ3n) is 3.71. The molecular weight excluding hydrogens is 391 g/mol. The molecule has 0 saturated carbocycles. The number of hydrogen-bond donors (Lipinski definition) is 1. The third kappa shape index (κ3) is 4.53. The minimum Gasteiger partial charge on any atom is -0.377 e. The molecule has 0 spiro atoms. The number of carbonyl (C=O) groups excluding carboxylic acids is 2. The molecule has 1 atom stereocenters. The summed E-state index contributed by atoms with van der Waals surface area (Å²) in [4.78, 5) is 25.8. The summed E-state index contributed by atoms with van der Waals surface area (Å²) in [6, 6.07) is 12.5. The molecule has 0 aromatic heterocycles. The fraction of sp³-hybridized carbons (Fsp3) is 0.111. The number of imide groups is 1. The molecule has 0 unspecified atom stereocenters. The van der Waals surface area contributed by atoms with E-state index in [0.29, 0.717) is 10.7 Å². The monoisotopic (exact) mass is 404 g/mol. The van der Waals surface area contributed by atoms with Gasteiger partial charge in [-0.1, -0.05) is 41.6 Å². The molecule has 138 valence electrons. The number of anilines is 1. The van der Waals surface area contributed by atoms with Crippen LogP contribution in [0, 0.1) is 5.82 Å². The predicted octanol–water partition coefficient (Wildman–Crippen LogP) is 3.19. The first-order valence-electron chi connectivity index (χ1n) is 7.86. The Labute approximate surface area is 163 Å². The molecule has 1 heterocycles. The lowest BCUT2D eigenvalue weighted by Crippen LogP contribution is -2.31. The number of benzene rings is 2. The summed E-state index contributed by atoms with van der Waals surface area (Å²) in [5.74, 6) is -1.15. The molecule has 0 radical (unpaired) electrons. The van der Waals surface area contributed by atoms with E-state index in [2.05, 4.69) is 10.2 Å². The van der Waals surface area contributed by atoms with Gasteiger partial charge in [0.25, 0.3) is 0 Å². The molecular formula is C18H14ClFN4O2S. The molecule has 2 aromatic carbocycles. The van der Waals surface area contributed by atoms with Crippen LogP contribution in [0.3, 0.4) is 0 Å². The highest BCUT2D eigenvalue weighted by molar-refractivity contribution is 8.14. The first-order chi connectivity index (χ1) is 13.0. The molecule has 1 saturated heterocycles. The lowest BCUT2D eigenvalue weighted by Gasteiger charge is -2.14. The Hall–Kier alpha value is -2.71. The minimum atomic E-state index is -0.694. The SMILES string of the molecule is NC(=N/N=C\c1ccccc1F)S[C@H]1CC(=O)N(c2ccc(Cl)cc2)C1=O. The number of nitrogens with zero attached hydrogens (tertiary/aromatic N) is 3. The van der Waals surface area contributed by atoms with Gasteiger partial charge in [-0.25, -0.2) is 9.29 Å². The fourth-order valence-corrected chi connectivity index (χ4v) is 3.40. The Kier molecular flexibility index (Phi) is 5.88. The third-order valence-corrected chi connectivity index (χ3v) is 4.94. The number of carbonyl (C=O) groups is 2. The molecule has 1 aliphatic heterocycles. The molecule has 2 aromatic rings. The first-order valence-corrected chi connectivity index (χ1v) is 9.11. The average Bonchev–Trinajstić information content (AvgIpc) is 2.91. The summed E-state index contributed by atoms with van der Waals surface area (Å²) >= 11 is 6.77. The Bertz CT molecular complexity index is 933. The number of hydrogen-bond acceptors (Lipinski definition) is 5. The van der Waals surface area contributed by atoms with E-state index in [4.69, 9.17) is 17.3 Å². The highest BCUT2D eigenvalue weighted by Crippen LogP contribution is 2.30. The number of halogens is 2. The van der Waals surface area contributed by atoms with Crippen molar-refractivity contribution < 1.29 is 14.0 Å². The Morgan fingerprint density at radius 2 is 1.93 bits per heavy atom. The maximum atomic E-state index is 13.5. The van der Waals surface area contributed by atoms with Gasteiger partial charge < -0.3 is 5.73 Å². The highest BCUT2D eigenvalue weighted by Gasteiger charge is 2.40. The van der Waals surface area contributed by atoms with Crippen LogP contribution >= 0.6 is 23.4 Å². The van der Waals surface area contributed by atoms with Crippen LogP contribution in [-0.2, 0) is 9.59 Å². The van der Waals surface area contributed by atoms with E-state index in [0.717, 1.165) is 16.7 Å². The molecule has 0 bridgehead atoms. The largest absolute Gasteiger partial charge is 0.377 e. The number of amides is 2. The molecule has 6 nitrogen and oxygen atoms in total. The van der Waals surface area contributed by atoms with Crippen LogP contribution in [0.4, 0.5) is 10.1 Å². The molecule has 2 N–H and O–H groups in total. The van der Waals surface area contributed by atoms with E-state index in [9.17, 15) is 14.0 Å². The quantitative estimate of drug-likeness (QED) is 0.367. The van der Waals surface area contributed by atoms with Gasteiger partial charge in [-0.3, -0.25) is 9.59 Å².